The highest BCUT2D eigenvalue weighted by atomic mass is 16.1. The molecule has 4 rings (SSSR count). The summed E-state index contributed by atoms with van der Waals surface area (Å²) in [7, 11) is 0. The number of nitrogens with one attached hydrogen (secondary N) is 1. The molecule has 1 aromatic carbocycles. The Morgan fingerprint density at radius 3 is 2.86 bits per heavy atom. The Bertz CT molecular complexity index is 532. The van der Waals surface area contributed by atoms with Crippen molar-refractivity contribution in [3.8, 4) is 0 Å². The first-order valence-corrected chi connectivity index (χ1v) is 8.42. The van der Waals surface area contributed by atoms with Crippen LogP contribution in [0.2, 0.25) is 0 Å². The molecule has 2 fully saturated rings. The molecular weight excluding hydrogens is 260 g/mol. The zero-order valence-corrected chi connectivity index (χ0v) is 12.6. The van der Waals surface area contributed by atoms with Gasteiger partial charge in [-0.3, -0.25) is 4.79 Å². The minimum Gasteiger partial charge on any atom is -0.371 e. The van der Waals surface area contributed by atoms with Crippen LogP contribution in [0.1, 0.15) is 31.2 Å². The van der Waals surface area contributed by atoms with Gasteiger partial charge in [0.2, 0.25) is 5.91 Å². The molecule has 3 heteroatoms. The topological polar surface area (TPSA) is 32.3 Å². The third-order valence-corrected chi connectivity index (χ3v) is 5.50. The summed E-state index contributed by atoms with van der Waals surface area (Å²) in [6.07, 6.45) is 5.89. The summed E-state index contributed by atoms with van der Waals surface area (Å²) >= 11 is 0. The standard InChI is InChI=1S/C18H24N2O/c21-18(16-11-14-10-15(14)12-16)19-7-3-8-20-9-6-13-4-1-2-5-17(13)20/h1-2,4-5,14-16H,3,6-12H2,(H,19,21). The molecule has 2 saturated carbocycles. The molecule has 0 bridgehead atoms. The Balaban J connectivity index is 1.19. The number of hydrogen-bond donors (Lipinski definition) is 1. The maximum atomic E-state index is 12.1. The molecule has 2 atom stereocenters. The molecule has 0 radical (unpaired) electrons. The first-order valence-electron chi connectivity index (χ1n) is 8.42. The summed E-state index contributed by atoms with van der Waals surface area (Å²) in [6.45, 7) is 3.00. The number of carbonyl (C=O) groups excluding carboxylic acids is 1. The molecule has 3 aliphatic rings. The molecule has 21 heavy (non-hydrogen) atoms. The van der Waals surface area contributed by atoms with E-state index in [1.807, 2.05) is 0 Å². The quantitative estimate of drug-likeness (QED) is 0.843. The van der Waals surface area contributed by atoms with E-state index in [2.05, 4.69) is 34.5 Å². The third-order valence-electron chi connectivity index (χ3n) is 5.50. The van der Waals surface area contributed by atoms with Crippen molar-refractivity contribution in [2.24, 2.45) is 17.8 Å². The lowest BCUT2D eigenvalue weighted by molar-refractivity contribution is -0.125. The summed E-state index contributed by atoms with van der Waals surface area (Å²) < 4.78 is 0. The predicted octanol–water partition coefficient (Wildman–Crippen LogP) is 2.60. The van der Waals surface area contributed by atoms with Crippen LogP contribution in [0.5, 0.6) is 0 Å². The van der Waals surface area contributed by atoms with Crippen molar-refractivity contribution in [1.82, 2.24) is 5.32 Å². The maximum Gasteiger partial charge on any atom is 0.223 e. The highest BCUT2D eigenvalue weighted by molar-refractivity contribution is 5.79. The van der Waals surface area contributed by atoms with E-state index in [1.54, 1.807) is 0 Å². The van der Waals surface area contributed by atoms with E-state index in [9.17, 15) is 4.79 Å². The van der Waals surface area contributed by atoms with Gasteiger partial charge in [0, 0.05) is 31.2 Å². The van der Waals surface area contributed by atoms with E-state index < -0.39 is 0 Å². The SMILES string of the molecule is O=C(NCCCN1CCc2ccccc21)C1CC2CC2C1. The summed E-state index contributed by atoms with van der Waals surface area (Å²) in [6, 6.07) is 8.67. The number of rotatable bonds is 5. The molecule has 0 spiro atoms. The highest BCUT2D eigenvalue weighted by Crippen LogP contribution is 2.54. The molecule has 1 aliphatic heterocycles. The van der Waals surface area contributed by atoms with Crippen LogP contribution in [0.4, 0.5) is 5.69 Å². The summed E-state index contributed by atoms with van der Waals surface area (Å²) in [5.74, 6) is 2.41. The number of anilines is 1. The van der Waals surface area contributed by atoms with Gasteiger partial charge in [0.15, 0.2) is 0 Å². The van der Waals surface area contributed by atoms with E-state index >= 15 is 0 Å². The molecule has 1 aromatic rings. The van der Waals surface area contributed by atoms with Gasteiger partial charge in [-0.2, -0.15) is 0 Å². The fourth-order valence-electron chi connectivity index (χ4n) is 4.19. The number of carbonyl (C=O) groups is 1. The van der Waals surface area contributed by atoms with Gasteiger partial charge in [-0.05, 0) is 55.6 Å². The summed E-state index contributed by atoms with van der Waals surface area (Å²) in [5.41, 5.74) is 2.85. The lowest BCUT2D eigenvalue weighted by atomic mass is 10.0. The molecule has 1 heterocycles. The molecule has 2 aliphatic carbocycles. The summed E-state index contributed by atoms with van der Waals surface area (Å²) in [5, 5.41) is 3.15. The van der Waals surface area contributed by atoms with Gasteiger partial charge in [-0.1, -0.05) is 18.2 Å². The van der Waals surface area contributed by atoms with Gasteiger partial charge in [-0.25, -0.2) is 0 Å². The number of nitrogens with zero attached hydrogens (tertiary/aromatic N) is 1. The van der Waals surface area contributed by atoms with E-state index in [4.69, 9.17) is 0 Å². The molecule has 2 unspecified atom stereocenters. The second-order valence-electron chi connectivity index (χ2n) is 6.93. The third kappa shape index (κ3) is 2.66. The van der Waals surface area contributed by atoms with E-state index in [-0.39, 0.29) is 0 Å². The molecular formula is C18H24N2O. The van der Waals surface area contributed by atoms with Crippen LogP contribution >= 0.6 is 0 Å². The minimum atomic E-state index is 0.309. The van der Waals surface area contributed by atoms with Crippen molar-refractivity contribution in [2.45, 2.75) is 32.1 Å². The number of hydrogen-bond acceptors (Lipinski definition) is 2. The molecule has 112 valence electrons. The highest BCUT2D eigenvalue weighted by Gasteiger charge is 2.47. The van der Waals surface area contributed by atoms with Crippen LogP contribution in [0, 0.1) is 17.8 Å². The number of benzene rings is 1. The fraction of sp³-hybridized carbons (Fsp3) is 0.611. The van der Waals surface area contributed by atoms with Crippen molar-refractivity contribution in [3.05, 3.63) is 29.8 Å². The van der Waals surface area contributed by atoms with Crippen LogP contribution in [0.25, 0.3) is 0 Å². The Labute approximate surface area is 126 Å². The lowest BCUT2D eigenvalue weighted by Gasteiger charge is -2.19. The predicted molar refractivity (Wildman–Crippen MR) is 84.3 cm³/mol. The van der Waals surface area contributed by atoms with Crippen molar-refractivity contribution in [2.75, 3.05) is 24.5 Å². The first-order chi connectivity index (χ1) is 10.3. The van der Waals surface area contributed by atoms with Gasteiger partial charge >= 0.3 is 0 Å². The van der Waals surface area contributed by atoms with Crippen molar-refractivity contribution < 1.29 is 4.79 Å². The normalized spacial score (nSPS) is 29.1. The fourth-order valence-corrected chi connectivity index (χ4v) is 4.19. The number of para-hydroxylation sites is 1. The van der Waals surface area contributed by atoms with Gasteiger partial charge in [-0.15, -0.1) is 0 Å². The van der Waals surface area contributed by atoms with E-state index in [0.29, 0.717) is 11.8 Å². The number of amides is 1. The molecule has 0 aromatic heterocycles. The van der Waals surface area contributed by atoms with Gasteiger partial charge in [0.1, 0.15) is 0 Å². The largest absolute Gasteiger partial charge is 0.371 e. The van der Waals surface area contributed by atoms with Gasteiger partial charge in [0.25, 0.3) is 0 Å². The average Bonchev–Trinajstić information content (AvgIpc) is 2.95. The molecule has 0 saturated heterocycles. The molecule has 1 N–H and O–H groups in total. The second-order valence-corrected chi connectivity index (χ2v) is 6.93. The molecule has 3 nitrogen and oxygen atoms in total. The monoisotopic (exact) mass is 284 g/mol. The minimum absolute atomic E-state index is 0.309. The zero-order chi connectivity index (χ0) is 14.2. The maximum absolute atomic E-state index is 12.1. The Kier molecular flexibility index (Phi) is 3.36. The lowest BCUT2D eigenvalue weighted by Crippen LogP contribution is -2.33. The van der Waals surface area contributed by atoms with Crippen molar-refractivity contribution in [1.29, 1.82) is 0 Å². The average molecular weight is 284 g/mol. The zero-order valence-electron chi connectivity index (χ0n) is 12.6. The Morgan fingerprint density at radius 1 is 1.19 bits per heavy atom. The second kappa shape index (κ2) is 5.36. The molecule has 1 amide bonds. The Hall–Kier alpha value is -1.51. The van der Waals surface area contributed by atoms with Crippen LogP contribution in [-0.4, -0.2) is 25.5 Å². The van der Waals surface area contributed by atoms with Gasteiger partial charge in [0.05, 0.1) is 0 Å². The first kappa shape index (κ1) is 13.2. The van der Waals surface area contributed by atoms with Crippen molar-refractivity contribution >= 4 is 11.6 Å². The smallest absolute Gasteiger partial charge is 0.223 e. The van der Waals surface area contributed by atoms with Crippen molar-refractivity contribution in [3.63, 3.8) is 0 Å². The number of fused-ring (bicyclic) bond motifs is 2. The van der Waals surface area contributed by atoms with E-state index in [1.165, 1.54) is 17.7 Å². The van der Waals surface area contributed by atoms with Crippen LogP contribution in [0.3, 0.4) is 0 Å². The Morgan fingerprint density at radius 2 is 2.00 bits per heavy atom. The van der Waals surface area contributed by atoms with Crippen LogP contribution < -0.4 is 10.2 Å². The summed E-state index contributed by atoms with van der Waals surface area (Å²) in [4.78, 5) is 14.5. The van der Waals surface area contributed by atoms with E-state index in [0.717, 1.165) is 57.2 Å². The van der Waals surface area contributed by atoms with Crippen LogP contribution in [0.15, 0.2) is 24.3 Å². The van der Waals surface area contributed by atoms with Crippen LogP contribution in [-0.2, 0) is 11.2 Å². The van der Waals surface area contributed by atoms with Gasteiger partial charge < -0.3 is 10.2 Å².